The van der Waals surface area contributed by atoms with Crippen molar-refractivity contribution in [2.45, 2.75) is 6.54 Å². The molecule has 1 heterocycles. The zero-order valence-corrected chi connectivity index (χ0v) is 7.55. The van der Waals surface area contributed by atoms with Crippen molar-refractivity contribution in [3.05, 3.63) is 18.7 Å². The highest BCUT2D eigenvalue weighted by Crippen LogP contribution is 1.88. The van der Waals surface area contributed by atoms with Crippen LogP contribution in [0.15, 0.2) is 18.7 Å². The Morgan fingerprint density at radius 1 is 1.69 bits per heavy atom. The molecule has 72 valence electrons. The van der Waals surface area contributed by atoms with Gasteiger partial charge in [0.2, 0.25) is 0 Å². The summed E-state index contributed by atoms with van der Waals surface area (Å²) in [7, 11) is 1.78. The quantitative estimate of drug-likeness (QED) is 0.692. The SMILES string of the molecule is CN(CCn1ccnc1)CC(=O)O. The summed E-state index contributed by atoms with van der Waals surface area (Å²) >= 11 is 0. The van der Waals surface area contributed by atoms with Gasteiger partial charge in [-0.05, 0) is 7.05 Å². The number of carbonyl (C=O) groups is 1. The second kappa shape index (κ2) is 4.61. The average molecular weight is 183 g/mol. The maximum atomic E-state index is 10.3. The Labute approximate surface area is 76.6 Å². The van der Waals surface area contributed by atoms with Crippen molar-refractivity contribution >= 4 is 5.97 Å². The standard InChI is InChI=1S/C8H13N3O2/c1-10(6-8(12)13)4-5-11-3-2-9-7-11/h2-3,7H,4-6H2,1H3,(H,12,13). The number of imidazole rings is 1. The highest BCUT2D eigenvalue weighted by molar-refractivity contribution is 5.68. The molecule has 0 radical (unpaired) electrons. The van der Waals surface area contributed by atoms with Crippen LogP contribution in [0.2, 0.25) is 0 Å². The summed E-state index contributed by atoms with van der Waals surface area (Å²) in [4.78, 5) is 16.0. The third-order valence-corrected chi connectivity index (χ3v) is 1.70. The van der Waals surface area contributed by atoms with Gasteiger partial charge in [-0.1, -0.05) is 0 Å². The molecule has 1 rings (SSSR count). The molecule has 1 aromatic heterocycles. The third kappa shape index (κ3) is 3.71. The summed E-state index contributed by atoms with van der Waals surface area (Å²) in [6.07, 6.45) is 5.28. The highest BCUT2D eigenvalue weighted by atomic mass is 16.4. The average Bonchev–Trinajstić information content (AvgIpc) is 2.51. The Morgan fingerprint density at radius 2 is 2.46 bits per heavy atom. The van der Waals surface area contributed by atoms with Crippen LogP contribution in [-0.4, -0.2) is 45.7 Å². The molecule has 0 aliphatic rings. The van der Waals surface area contributed by atoms with Gasteiger partial charge in [0.1, 0.15) is 0 Å². The van der Waals surface area contributed by atoms with Crippen LogP contribution < -0.4 is 0 Å². The van der Waals surface area contributed by atoms with Crippen LogP contribution in [0.5, 0.6) is 0 Å². The summed E-state index contributed by atoms with van der Waals surface area (Å²) in [5.41, 5.74) is 0. The van der Waals surface area contributed by atoms with Crippen LogP contribution in [-0.2, 0) is 11.3 Å². The largest absolute Gasteiger partial charge is 0.480 e. The van der Waals surface area contributed by atoms with Crippen molar-refractivity contribution in [3.63, 3.8) is 0 Å². The van der Waals surface area contributed by atoms with Gasteiger partial charge in [-0.15, -0.1) is 0 Å². The minimum atomic E-state index is -0.798. The smallest absolute Gasteiger partial charge is 0.317 e. The fraction of sp³-hybridized carbons (Fsp3) is 0.500. The molecule has 0 aliphatic carbocycles. The molecule has 0 amide bonds. The summed E-state index contributed by atoms with van der Waals surface area (Å²) < 4.78 is 1.92. The van der Waals surface area contributed by atoms with E-state index in [0.717, 1.165) is 6.54 Å². The van der Waals surface area contributed by atoms with Crippen molar-refractivity contribution in [2.75, 3.05) is 20.1 Å². The molecule has 1 aromatic rings. The van der Waals surface area contributed by atoms with E-state index in [4.69, 9.17) is 5.11 Å². The van der Waals surface area contributed by atoms with Crippen molar-refractivity contribution in [1.82, 2.24) is 14.5 Å². The van der Waals surface area contributed by atoms with Crippen molar-refractivity contribution in [3.8, 4) is 0 Å². The lowest BCUT2D eigenvalue weighted by molar-refractivity contribution is -0.138. The Kier molecular flexibility index (Phi) is 3.45. The third-order valence-electron chi connectivity index (χ3n) is 1.70. The number of rotatable bonds is 5. The Hall–Kier alpha value is -1.36. The number of aliphatic carboxylic acids is 1. The zero-order valence-electron chi connectivity index (χ0n) is 7.55. The van der Waals surface area contributed by atoms with E-state index in [1.54, 1.807) is 24.5 Å². The number of aromatic nitrogens is 2. The van der Waals surface area contributed by atoms with E-state index in [0.29, 0.717) is 6.54 Å². The van der Waals surface area contributed by atoms with Gasteiger partial charge in [-0.3, -0.25) is 9.69 Å². The molecule has 5 heteroatoms. The minimum absolute atomic E-state index is 0.0781. The number of likely N-dealkylation sites (N-methyl/N-ethyl adjacent to an activating group) is 1. The predicted molar refractivity (Wildman–Crippen MR) is 47.4 cm³/mol. The highest BCUT2D eigenvalue weighted by Gasteiger charge is 2.03. The first kappa shape index (κ1) is 9.73. The lowest BCUT2D eigenvalue weighted by Gasteiger charge is -2.13. The van der Waals surface area contributed by atoms with E-state index >= 15 is 0 Å². The normalized spacial score (nSPS) is 10.6. The number of carboxylic acid groups (broad SMARTS) is 1. The van der Waals surface area contributed by atoms with Crippen LogP contribution in [0.3, 0.4) is 0 Å². The molecule has 1 N–H and O–H groups in total. The number of hydrogen-bond acceptors (Lipinski definition) is 3. The molecule has 13 heavy (non-hydrogen) atoms. The molecule has 0 saturated heterocycles. The lowest BCUT2D eigenvalue weighted by atomic mass is 10.5. The molecule has 0 unspecified atom stereocenters. The monoisotopic (exact) mass is 183 g/mol. The van der Waals surface area contributed by atoms with Crippen LogP contribution in [0.25, 0.3) is 0 Å². The second-order valence-electron chi connectivity index (χ2n) is 2.93. The van der Waals surface area contributed by atoms with Crippen LogP contribution in [0.1, 0.15) is 0 Å². The molecule has 0 fully saturated rings. The van der Waals surface area contributed by atoms with Crippen LogP contribution in [0, 0.1) is 0 Å². The second-order valence-corrected chi connectivity index (χ2v) is 2.93. The van der Waals surface area contributed by atoms with E-state index < -0.39 is 5.97 Å². The van der Waals surface area contributed by atoms with Gasteiger partial charge < -0.3 is 9.67 Å². The first-order valence-corrected chi connectivity index (χ1v) is 4.04. The van der Waals surface area contributed by atoms with E-state index in [2.05, 4.69) is 4.98 Å². The van der Waals surface area contributed by atoms with Crippen molar-refractivity contribution in [1.29, 1.82) is 0 Å². The number of carboxylic acids is 1. The fourth-order valence-electron chi connectivity index (χ4n) is 1.02. The van der Waals surface area contributed by atoms with Crippen molar-refractivity contribution in [2.24, 2.45) is 0 Å². The molecule has 0 bridgehead atoms. The van der Waals surface area contributed by atoms with Gasteiger partial charge in [-0.2, -0.15) is 0 Å². The molecular formula is C8H13N3O2. The van der Waals surface area contributed by atoms with Gasteiger partial charge in [0.25, 0.3) is 0 Å². The molecule has 0 spiro atoms. The van der Waals surface area contributed by atoms with Gasteiger partial charge >= 0.3 is 5.97 Å². The minimum Gasteiger partial charge on any atom is -0.480 e. The van der Waals surface area contributed by atoms with Gasteiger partial charge in [0.05, 0.1) is 12.9 Å². The predicted octanol–water partition coefficient (Wildman–Crippen LogP) is -0.100. The zero-order chi connectivity index (χ0) is 9.68. The topological polar surface area (TPSA) is 58.4 Å². The van der Waals surface area contributed by atoms with Crippen LogP contribution >= 0.6 is 0 Å². The van der Waals surface area contributed by atoms with Crippen molar-refractivity contribution < 1.29 is 9.90 Å². The first-order valence-electron chi connectivity index (χ1n) is 4.04. The first-order chi connectivity index (χ1) is 6.18. The maximum Gasteiger partial charge on any atom is 0.317 e. The van der Waals surface area contributed by atoms with E-state index in [1.807, 2.05) is 10.8 Å². The summed E-state index contributed by atoms with van der Waals surface area (Å²) in [6.45, 7) is 1.56. The van der Waals surface area contributed by atoms with Gasteiger partial charge in [0.15, 0.2) is 0 Å². The van der Waals surface area contributed by atoms with E-state index in [9.17, 15) is 4.79 Å². The molecule has 0 saturated carbocycles. The Bertz CT molecular complexity index is 258. The fourth-order valence-corrected chi connectivity index (χ4v) is 1.02. The number of hydrogen-bond donors (Lipinski definition) is 1. The summed E-state index contributed by atoms with van der Waals surface area (Å²) in [5.74, 6) is -0.798. The molecule has 0 aromatic carbocycles. The van der Waals surface area contributed by atoms with Gasteiger partial charge in [-0.25, -0.2) is 4.98 Å². The van der Waals surface area contributed by atoms with E-state index in [1.165, 1.54) is 0 Å². The Balaban J connectivity index is 2.22. The van der Waals surface area contributed by atoms with E-state index in [-0.39, 0.29) is 6.54 Å². The number of nitrogens with zero attached hydrogens (tertiary/aromatic N) is 3. The van der Waals surface area contributed by atoms with Gasteiger partial charge in [0, 0.05) is 25.5 Å². The molecular weight excluding hydrogens is 170 g/mol. The lowest BCUT2D eigenvalue weighted by Crippen LogP contribution is -2.28. The maximum absolute atomic E-state index is 10.3. The molecule has 5 nitrogen and oxygen atoms in total. The molecule has 0 atom stereocenters. The Morgan fingerprint density at radius 3 is 3.00 bits per heavy atom. The summed E-state index contributed by atoms with van der Waals surface area (Å²) in [5, 5.41) is 8.48. The molecule has 0 aliphatic heterocycles. The summed E-state index contributed by atoms with van der Waals surface area (Å²) in [6, 6.07) is 0. The van der Waals surface area contributed by atoms with Crippen LogP contribution in [0.4, 0.5) is 0 Å².